The average molecular weight is 263 g/mol. The van der Waals surface area contributed by atoms with Gasteiger partial charge in [-0.15, -0.1) is 0 Å². The minimum atomic E-state index is -0.779. The Kier molecular flexibility index (Phi) is 4.93. The number of benzene rings is 1. The van der Waals surface area contributed by atoms with Crippen LogP contribution in [0.25, 0.3) is 0 Å². The third-order valence-electron chi connectivity index (χ3n) is 3.70. The van der Waals surface area contributed by atoms with Gasteiger partial charge in [-0.2, -0.15) is 0 Å². The van der Waals surface area contributed by atoms with Gasteiger partial charge in [0.05, 0.1) is 13.2 Å². The third-order valence-corrected chi connectivity index (χ3v) is 3.70. The highest BCUT2D eigenvalue weighted by Gasteiger charge is 2.26. The summed E-state index contributed by atoms with van der Waals surface area (Å²) < 4.78 is 5.10. The van der Waals surface area contributed by atoms with E-state index < -0.39 is 5.97 Å². The number of carboxylic acid groups (broad SMARTS) is 1. The van der Waals surface area contributed by atoms with Crippen molar-refractivity contribution >= 4 is 5.97 Å². The van der Waals surface area contributed by atoms with Crippen molar-refractivity contribution in [3.05, 3.63) is 35.4 Å². The largest absolute Gasteiger partial charge is 0.480 e. The summed E-state index contributed by atoms with van der Waals surface area (Å²) in [4.78, 5) is 13.1. The number of rotatable bonds is 6. The third kappa shape index (κ3) is 3.55. The molecule has 1 unspecified atom stereocenters. The quantitative estimate of drug-likeness (QED) is 0.854. The Morgan fingerprint density at radius 2 is 2.26 bits per heavy atom. The molecule has 2 rings (SSSR count). The monoisotopic (exact) mass is 263 g/mol. The van der Waals surface area contributed by atoms with Crippen LogP contribution in [0.4, 0.5) is 0 Å². The van der Waals surface area contributed by atoms with Crippen molar-refractivity contribution in [3.63, 3.8) is 0 Å². The van der Waals surface area contributed by atoms with E-state index in [0.29, 0.717) is 13.2 Å². The van der Waals surface area contributed by atoms with Gasteiger partial charge in [-0.05, 0) is 30.4 Å². The molecule has 0 saturated heterocycles. The second-order valence-electron chi connectivity index (χ2n) is 4.96. The number of ether oxygens (including phenoxy) is 1. The molecule has 0 saturated carbocycles. The van der Waals surface area contributed by atoms with Crippen LogP contribution in [-0.2, 0) is 16.0 Å². The zero-order chi connectivity index (χ0) is 13.7. The maximum absolute atomic E-state index is 11.0. The Hall–Kier alpha value is -1.39. The minimum absolute atomic E-state index is 0.0718. The number of methoxy groups -OCH3 is 1. The fraction of sp³-hybridized carbons (Fsp3) is 0.533. The number of nitrogens with zero attached hydrogens (tertiary/aromatic N) is 1. The first-order chi connectivity index (χ1) is 9.22. The van der Waals surface area contributed by atoms with Crippen LogP contribution in [0.3, 0.4) is 0 Å². The highest BCUT2D eigenvalue weighted by atomic mass is 16.5. The summed E-state index contributed by atoms with van der Waals surface area (Å²) in [5, 5.41) is 9.08. The average Bonchev–Trinajstić information content (AvgIpc) is 2.42. The van der Waals surface area contributed by atoms with E-state index in [1.807, 2.05) is 11.0 Å². The van der Waals surface area contributed by atoms with Crippen LogP contribution >= 0.6 is 0 Å². The number of hydrogen-bond donors (Lipinski definition) is 1. The maximum Gasteiger partial charge on any atom is 0.317 e. The summed E-state index contributed by atoms with van der Waals surface area (Å²) in [5.74, 6) is -0.779. The van der Waals surface area contributed by atoms with Crippen molar-refractivity contribution in [1.29, 1.82) is 0 Å². The van der Waals surface area contributed by atoms with Gasteiger partial charge in [0, 0.05) is 19.7 Å². The number of fused-ring (bicyclic) bond motifs is 1. The maximum atomic E-state index is 11.0. The van der Waals surface area contributed by atoms with Gasteiger partial charge < -0.3 is 9.84 Å². The highest BCUT2D eigenvalue weighted by molar-refractivity contribution is 5.69. The predicted octanol–water partition coefficient (Wildman–Crippen LogP) is 2.10. The van der Waals surface area contributed by atoms with E-state index >= 15 is 0 Å². The molecule has 4 heteroatoms. The fourth-order valence-electron chi connectivity index (χ4n) is 2.83. The van der Waals surface area contributed by atoms with Gasteiger partial charge in [0.15, 0.2) is 0 Å². The molecule has 1 aliphatic rings. The first kappa shape index (κ1) is 14.0. The number of carboxylic acids is 1. The zero-order valence-corrected chi connectivity index (χ0v) is 11.3. The highest BCUT2D eigenvalue weighted by Crippen LogP contribution is 2.33. The van der Waals surface area contributed by atoms with Crippen molar-refractivity contribution in [3.8, 4) is 0 Å². The van der Waals surface area contributed by atoms with Gasteiger partial charge in [0.2, 0.25) is 0 Å². The molecule has 104 valence electrons. The smallest absolute Gasteiger partial charge is 0.317 e. The predicted molar refractivity (Wildman–Crippen MR) is 73.2 cm³/mol. The summed E-state index contributed by atoms with van der Waals surface area (Å²) in [5.41, 5.74) is 2.64. The molecule has 0 fully saturated rings. The number of aryl methyl sites for hydroxylation is 1. The van der Waals surface area contributed by atoms with Crippen LogP contribution < -0.4 is 0 Å². The van der Waals surface area contributed by atoms with Crippen LogP contribution in [0.15, 0.2) is 24.3 Å². The van der Waals surface area contributed by atoms with Gasteiger partial charge in [-0.3, -0.25) is 9.69 Å². The molecule has 1 aliphatic carbocycles. The Balaban J connectivity index is 2.19. The van der Waals surface area contributed by atoms with E-state index in [4.69, 9.17) is 9.84 Å². The van der Waals surface area contributed by atoms with Crippen molar-refractivity contribution in [2.75, 3.05) is 26.8 Å². The summed E-state index contributed by atoms with van der Waals surface area (Å²) in [6.07, 6.45) is 3.23. The standard InChI is InChI=1S/C15H21NO3/c1-19-10-9-16(11-15(17)18)14-8-4-6-12-5-2-3-7-13(12)14/h2-3,5,7,14H,4,6,8-11H2,1H3,(H,17,18). The van der Waals surface area contributed by atoms with Gasteiger partial charge >= 0.3 is 5.97 Å². The Morgan fingerprint density at radius 3 is 3.00 bits per heavy atom. The van der Waals surface area contributed by atoms with Crippen LogP contribution in [-0.4, -0.2) is 42.8 Å². The molecule has 1 aromatic carbocycles. The van der Waals surface area contributed by atoms with E-state index in [2.05, 4.69) is 18.2 Å². The topological polar surface area (TPSA) is 49.8 Å². The summed E-state index contributed by atoms with van der Waals surface area (Å²) in [7, 11) is 1.65. The lowest BCUT2D eigenvalue weighted by Crippen LogP contribution is -2.37. The number of aliphatic carboxylic acids is 1. The summed E-state index contributed by atoms with van der Waals surface area (Å²) in [6.45, 7) is 1.29. The van der Waals surface area contributed by atoms with E-state index in [1.54, 1.807) is 7.11 Å². The molecular formula is C15H21NO3. The van der Waals surface area contributed by atoms with Crippen molar-refractivity contribution in [1.82, 2.24) is 4.90 Å². The van der Waals surface area contributed by atoms with Gasteiger partial charge in [-0.25, -0.2) is 0 Å². The minimum Gasteiger partial charge on any atom is -0.480 e. The Labute approximate surface area is 114 Å². The molecule has 0 aliphatic heterocycles. The van der Waals surface area contributed by atoms with Crippen molar-refractivity contribution < 1.29 is 14.6 Å². The molecule has 0 aromatic heterocycles. The van der Waals surface area contributed by atoms with Crippen LogP contribution in [0.5, 0.6) is 0 Å². The van der Waals surface area contributed by atoms with E-state index in [9.17, 15) is 4.79 Å². The molecule has 0 bridgehead atoms. The molecule has 4 nitrogen and oxygen atoms in total. The Morgan fingerprint density at radius 1 is 1.47 bits per heavy atom. The normalized spacial score (nSPS) is 18.3. The van der Waals surface area contributed by atoms with E-state index in [-0.39, 0.29) is 12.6 Å². The lowest BCUT2D eigenvalue weighted by atomic mass is 9.87. The second-order valence-corrected chi connectivity index (χ2v) is 4.96. The van der Waals surface area contributed by atoms with Gasteiger partial charge in [0.1, 0.15) is 0 Å². The number of hydrogen-bond acceptors (Lipinski definition) is 3. The van der Waals surface area contributed by atoms with Crippen LogP contribution in [0.2, 0.25) is 0 Å². The number of carbonyl (C=O) groups is 1. The second kappa shape index (κ2) is 6.68. The van der Waals surface area contributed by atoms with Crippen molar-refractivity contribution in [2.45, 2.75) is 25.3 Å². The lowest BCUT2D eigenvalue weighted by molar-refractivity contribution is -0.139. The van der Waals surface area contributed by atoms with Gasteiger partial charge in [-0.1, -0.05) is 24.3 Å². The van der Waals surface area contributed by atoms with E-state index in [0.717, 1.165) is 19.3 Å². The van der Waals surface area contributed by atoms with Gasteiger partial charge in [0.25, 0.3) is 0 Å². The van der Waals surface area contributed by atoms with E-state index in [1.165, 1.54) is 11.1 Å². The van der Waals surface area contributed by atoms with Crippen LogP contribution in [0.1, 0.15) is 30.0 Å². The molecule has 0 radical (unpaired) electrons. The summed E-state index contributed by atoms with van der Waals surface area (Å²) in [6, 6.07) is 8.57. The molecule has 1 N–H and O–H groups in total. The SMILES string of the molecule is COCCN(CC(=O)O)C1CCCc2ccccc21. The molecule has 19 heavy (non-hydrogen) atoms. The first-order valence-electron chi connectivity index (χ1n) is 6.75. The lowest BCUT2D eigenvalue weighted by Gasteiger charge is -2.34. The fourth-order valence-corrected chi connectivity index (χ4v) is 2.83. The molecule has 0 spiro atoms. The molecule has 0 amide bonds. The molecule has 0 heterocycles. The summed E-state index contributed by atoms with van der Waals surface area (Å²) >= 11 is 0. The zero-order valence-electron chi connectivity index (χ0n) is 11.3. The first-order valence-corrected chi connectivity index (χ1v) is 6.75. The van der Waals surface area contributed by atoms with Crippen molar-refractivity contribution in [2.24, 2.45) is 0 Å². The molecular weight excluding hydrogens is 242 g/mol. The molecule has 1 atom stereocenters. The molecule has 1 aromatic rings. The van der Waals surface area contributed by atoms with Crippen LogP contribution in [0, 0.1) is 0 Å². The Bertz CT molecular complexity index is 433.